The summed E-state index contributed by atoms with van der Waals surface area (Å²) in [6.45, 7) is 0. The summed E-state index contributed by atoms with van der Waals surface area (Å²) in [5.41, 5.74) is 20.0. The van der Waals surface area contributed by atoms with Crippen LogP contribution in [0.2, 0.25) is 0 Å². The van der Waals surface area contributed by atoms with Gasteiger partial charge in [0.15, 0.2) is 0 Å². The first-order chi connectivity index (χ1) is 31.2. The highest BCUT2D eigenvalue weighted by Gasteiger charge is 2.51. The van der Waals surface area contributed by atoms with Crippen molar-refractivity contribution in [2.45, 2.75) is 5.41 Å². The lowest BCUT2D eigenvalue weighted by Gasteiger charge is -2.30. The first kappa shape index (κ1) is 34.4. The minimum absolute atomic E-state index is 0.414. The minimum atomic E-state index is -0.414. The van der Waals surface area contributed by atoms with Gasteiger partial charge in [-0.1, -0.05) is 164 Å². The van der Waals surface area contributed by atoms with Crippen molar-refractivity contribution in [2.75, 3.05) is 0 Å². The van der Waals surface area contributed by atoms with Gasteiger partial charge in [0.2, 0.25) is 5.95 Å². The van der Waals surface area contributed by atoms with E-state index < -0.39 is 5.41 Å². The fraction of sp³-hybridized carbons (Fsp3) is 0.0169. The molecule has 0 atom stereocenters. The molecule has 0 radical (unpaired) electrons. The van der Waals surface area contributed by atoms with Crippen LogP contribution in [0.25, 0.3) is 106 Å². The van der Waals surface area contributed by atoms with Crippen LogP contribution in [0.15, 0.2) is 217 Å². The van der Waals surface area contributed by atoms with E-state index in [-0.39, 0.29) is 0 Å². The maximum Gasteiger partial charge on any atom is 0.235 e. The maximum atomic E-state index is 6.91. The lowest BCUT2D eigenvalue weighted by Crippen LogP contribution is -2.25. The van der Waals surface area contributed by atoms with Gasteiger partial charge in [0.1, 0.15) is 11.2 Å². The van der Waals surface area contributed by atoms with Gasteiger partial charge in [-0.2, -0.15) is 0 Å². The Balaban J connectivity index is 0.927. The second-order valence-electron chi connectivity index (χ2n) is 16.8. The highest BCUT2D eigenvalue weighted by Crippen LogP contribution is 2.63. The van der Waals surface area contributed by atoms with Crippen LogP contribution in [0.5, 0.6) is 0 Å². The monoisotopic (exact) mass is 801 g/mol. The van der Waals surface area contributed by atoms with Crippen LogP contribution in [-0.2, 0) is 5.41 Å². The molecule has 0 unspecified atom stereocenters. The van der Waals surface area contributed by atoms with Gasteiger partial charge < -0.3 is 4.42 Å². The lowest BCUT2D eigenvalue weighted by atomic mass is 9.70. The Morgan fingerprint density at radius 3 is 1.52 bits per heavy atom. The number of nitrogens with zero attached hydrogens (tertiary/aromatic N) is 3. The van der Waals surface area contributed by atoms with Crippen LogP contribution in [-0.4, -0.2) is 14.5 Å². The Hall–Kier alpha value is -8.34. The van der Waals surface area contributed by atoms with E-state index in [0.29, 0.717) is 5.95 Å². The third-order valence-corrected chi connectivity index (χ3v) is 13.6. The second-order valence-corrected chi connectivity index (χ2v) is 16.8. The molecule has 4 heteroatoms. The molecule has 1 spiro atoms. The fourth-order valence-electron chi connectivity index (χ4n) is 11.0. The number of furan rings is 1. The van der Waals surface area contributed by atoms with Crippen molar-refractivity contribution in [3.63, 3.8) is 0 Å². The van der Waals surface area contributed by atoms with E-state index >= 15 is 0 Å². The maximum absolute atomic E-state index is 6.91. The van der Waals surface area contributed by atoms with E-state index in [1.165, 1.54) is 44.5 Å². The molecule has 3 aromatic heterocycles. The number of rotatable bonds is 4. The van der Waals surface area contributed by atoms with Crippen molar-refractivity contribution in [3.05, 3.63) is 235 Å². The van der Waals surface area contributed by atoms with Gasteiger partial charge >= 0.3 is 0 Å². The van der Waals surface area contributed by atoms with Crippen molar-refractivity contribution in [2.24, 2.45) is 0 Å². The fourth-order valence-corrected chi connectivity index (χ4v) is 11.0. The number of fused-ring (bicyclic) bond motifs is 16. The van der Waals surface area contributed by atoms with Gasteiger partial charge in [-0.15, -0.1) is 0 Å². The largest absolute Gasteiger partial charge is 0.456 e. The molecule has 14 rings (SSSR count). The smallest absolute Gasteiger partial charge is 0.235 e. The van der Waals surface area contributed by atoms with E-state index in [1.54, 1.807) is 0 Å². The molecule has 0 bridgehead atoms. The average Bonchev–Trinajstić information content (AvgIpc) is 4.06. The van der Waals surface area contributed by atoms with E-state index in [0.717, 1.165) is 77.4 Å². The molecule has 2 aliphatic rings. The normalized spacial score (nSPS) is 13.2. The third kappa shape index (κ3) is 4.75. The predicted molar refractivity (Wildman–Crippen MR) is 256 cm³/mol. The van der Waals surface area contributed by atoms with Crippen LogP contribution >= 0.6 is 0 Å². The number of para-hydroxylation sites is 1. The molecule has 0 saturated carbocycles. The van der Waals surface area contributed by atoms with Gasteiger partial charge in [0.05, 0.1) is 27.8 Å². The summed E-state index contributed by atoms with van der Waals surface area (Å²) >= 11 is 0. The highest BCUT2D eigenvalue weighted by molar-refractivity contribution is 6.12. The highest BCUT2D eigenvalue weighted by atomic mass is 16.3. The minimum Gasteiger partial charge on any atom is -0.456 e. The van der Waals surface area contributed by atoms with Gasteiger partial charge in [-0.25, -0.2) is 9.97 Å². The number of hydrogen-bond donors (Lipinski definition) is 0. The van der Waals surface area contributed by atoms with Crippen LogP contribution in [0.3, 0.4) is 0 Å². The molecule has 63 heavy (non-hydrogen) atoms. The Labute approximate surface area is 363 Å². The molecule has 0 saturated heterocycles. The van der Waals surface area contributed by atoms with Crippen LogP contribution in [0.1, 0.15) is 22.3 Å². The predicted octanol–water partition coefficient (Wildman–Crippen LogP) is 14.8. The topological polar surface area (TPSA) is 43.9 Å². The molecule has 0 N–H and O–H groups in total. The number of hydrogen-bond acceptors (Lipinski definition) is 3. The van der Waals surface area contributed by atoms with Gasteiger partial charge in [0, 0.05) is 32.7 Å². The van der Waals surface area contributed by atoms with Gasteiger partial charge in [-0.3, -0.25) is 4.57 Å². The molecule has 9 aromatic carbocycles. The zero-order valence-corrected chi connectivity index (χ0v) is 34.0. The van der Waals surface area contributed by atoms with Crippen molar-refractivity contribution >= 4 is 43.7 Å². The number of benzene rings is 9. The van der Waals surface area contributed by atoms with Crippen LogP contribution in [0, 0.1) is 0 Å². The Kier molecular flexibility index (Phi) is 7.01. The average molecular weight is 802 g/mol. The molecular weight excluding hydrogens is 767 g/mol. The summed E-state index contributed by atoms with van der Waals surface area (Å²) in [5.74, 6) is 0.638. The van der Waals surface area contributed by atoms with E-state index in [1.807, 2.05) is 12.1 Å². The van der Waals surface area contributed by atoms with Crippen molar-refractivity contribution in [1.82, 2.24) is 14.5 Å². The second kappa shape index (κ2) is 12.8. The lowest BCUT2D eigenvalue weighted by molar-refractivity contribution is 0.666. The van der Waals surface area contributed by atoms with E-state index in [2.05, 4.69) is 205 Å². The van der Waals surface area contributed by atoms with Gasteiger partial charge in [0.25, 0.3) is 0 Å². The summed E-state index contributed by atoms with van der Waals surface area (Å²) in [6, 6.07) is 76.4. The van der Waals surface area contributed by atoms with Crippen molar-refractivity contribution in [3.8, 4) is 61.8 Å². The molecular formula is C59H35N3O. The zero-order valence-electron chi connectivity index (χ0n) is 34.0. The Morgan fingerprint density at radius 2 is 0.857 bits per heavy atom. The van der Waals surface area contributed by atoms with E-state index in [9.17, 15) is 0 Å². The van der Waals surface area contributed by atoms with Crippen LogP contribution in [0.4, 0.5) is 0 Å². The van der Waals surface area contributed by atoms with Gasteiger partial charge in [-0.05, 0) is 104 Å². The van der Waals surface area contributed by atoms with E-state index in [4.69, 9.17) is 14.4 Å². The quantitative estimate of drug-likeness (QED) is 0.178. The zero-order chi connectivity index (χ0) is 41.2. The van der Waals surface area contributed by atoms with Crippen molar-refractivity contribution in [1.29, 1.82) is 0 Å². The third-order valence-electron chi connectivity index (χ3n) is 13.6. The summed E-state index contributed by atoms with van der Waals surface area (Å²) < 4.78 is 9.12. The Morgan fingerprint density at radius 1 is 0.333 bits per heavy atom. The Bertz CT molecular complexity index is 3760. The first-order valence-corrected chi connectivity index (χ1v) is 21.6. The summed E-state index contributed by atoms with van der Waals surface area (Å²) in [7, 11) is 0. The first-order valence-electron chi connectivity index (χ1n) is 21.6. The van der Waals surface area contributed by atoms with Crippen molar-refractivity contribution < 1.29 is 4.42 Å². The summed E-state index contributed by atoms with van der Waals surface area (Å²) in [5, 5.41) is 4.53. The summed E-state index contributed by atoms with van der Waals surface area (Å²) in [6.07, 6.45) is 0. The molecule has 3 heterocycles. The molecule has 12 aromatic rings. The SMILES string of the molecule is c1ccc(-c2cc(-c3ccccc3)nc(-n3c4ccccc4c4cc(-c5ccc6c(c5)oc5cc7c(cc56)-c5ccccc5C75c6ccccc6-c6ccccc65)ccc43)n2)cc1. The summed E-state index contributed by atoms with van der Waals surface area (Å²) in [4.78, 5) is 10.5. The molecule has 0 aliphatic heterocycles. The number of aromatic nitrogens is 3. The molecule has 4 nitrogen and oxygen atoms in total. The molecule has 0 amide bonds. The molecule has 2 aliphatic carbocycles. The van der Waals surface area contributed by atoms with Crippen LogP contribution < -0.4 is 0 Å². The standard InChI is InChI=1S/C59H35N3O/c1-3-15-36(16-4-1)52-35-53(37-17-5-2-6-18-37)61-58(60-52)62-54-26-14-10-22-43(54)46-31-38(28-30-55(46)62)39-27-29-44-47-33-45-42-21-9-13-25-50(42)59(51(45)34-57(47)63-56(44)32-39)48-23-11-7-19-40(48)41-20-8-12-24-49(41)59/h1-35H. The molecule has 292 valence electrons. The molecule has 0 fully saturated rings.